The van der Waals surface area contributed by atoms with Crippen LogP contribution in [0, 0.1) is 12.7 Å². The number of benzene rings is 1. The molecule has 0 atom stereocenters. The number of rotatable bonds is 1. The van der Waals surface area contributed by atoms with E-state index in [2.05, 4.69) is 0 Å². The van der Waals surface area contributed by atoms with Gasteiger partial charge in [0.2, 0.25) is 0 Å². The van der Waals surface area contributed by atoms with Crippen LogP contribution in [0.1, 0.15) is 11.1 Å². The average molecular weight is 156 g/mol. The normalized spacial score (nSPS) is 10.1. The summed E-state index contributed by atoms with van der Waals surface area (Å²) >= 11 is 0. The Hall–Kier alpha value is -1.09. The zero-order valence-corrected chi connectivity index (χ0v) is 6.13. The van der Waals surface area contributed by atoms with Crippen LogP contribution in [0.5, 0.6) is 5.75 Å². The minimum atomic E-state index is -0.623. The third-order valence-corrected chi connectivity index (χ3v) is 1.48. The molecule has 2 N–H and O–H groups in total. The molecule has 0 spiro atoms. The molecule has 11 heavy (non-hydrogen) atoms. The lowest BCUT2D eigenvalue weighted by Gasteiger charge is -2.01. The molecule has 0 saturated carbocycles. The zero-order valence-electron chi connectivity index (χ0n) is 6.13. The monoisotopic (exact) mass is 156 g/mol. The third kappa shape index (κ3) is 1.49. The molecule has 0 amide bonds. The van der Waals surface area contributed by atoms with Crippen molar-refractivity contribution in [2.24, 2.45) is 0 Å². The van der Waals surface area contributed by atoms with Crippen LogP contribution in [0.15, 0.2) is 12.1 Å². The van der Waals surface area contributed by atoms with Crippen LogP contribution < -0.4 is 0 Å². The van der Waals surface area contributed by atoms with E-state index in [9.17, 15) is 4.39 Å². The molecular weight excluding hydrogens is 147 g/mol. The minimum absolute atomic E-state index is 0.186. The van der Waals surface area contributed by atoms with Crippen LogP contribution in [-0.2, 0) is 6.61 Å². The number of halogens is 1. The van der Waals surface area contributed by atoms with Crippen molar-refractivity contribution < 1.29 is 14.6 Å². The maximum Gasteiger partial charge on any atom is 0.167 e. The molecule has 1 aromatic rings. The summed E-state index contributed by atoms with van der Waals surface area (Å²) in [7, 11) is 0. The van der Waals surface area contributed by atoms with Crippen molar-refractivity contribution in [1.29, 1.82) is 0 Å². The Morgan fingerprint density at radius 3 is 2.55 bits per heavy atom. The minimum Gasteiger partial charge on any atom is -0.505 e. The Morgan fingerprint density at radius 1 is 1.45 bits per heavy atom. The van der Waals surface area contributed by atoms with Gasteiger partial charge in [0.1, 0.15) is 0 Å². The van der Waals surface area contributed by atoms with Gasteiger partial charge in [-0.15, -0.1) is 0 Å². The Kier molecular flexibility index (Phi) is 2.10. The van der Waals surface area contributed by atoms with Gasteiger partial charge in [0, 0.05) is 0 Å². The second-order valence-electron chi connectivity index (χ2n) is 2.40. The van der Waals surface area contributed by atoms with Gasteiger partial charge in [-0.2, -0.15) is 0 Å². The number of hydrogen-bond donors (Lipinski definition) is 2. The summed E-state index contributed by atoms with van der Waals surface area (Å²) in [5.41, 5.74) is 0.857. The summed E-state index contributed by atoms with van der Waals surface area (Å²) in [6, 6.07) is 2.71. The lowest BCUT2D eigenvalue weighted by atomic mass is 10.1. The van der Waals surface area contributed by atoms with E-state index < -0.39 is 11.6 Å². The van der Waals surface area contributed by atoms with Gasteiger partial charge in [0.15, 0.2) is 11.6 Å². The lowest BCUT2D eigenvalue weighted by molar-refractivity contribution is 0.280. The van der Waals surface area contributed by atoms with Crippen LogP contribution in [0.4, 0.5) is 4.39 Å². The molecule has 0 aliphatic rings. The largest absolute Gasteiger partial charge is 0.505 e. The van der Waals surface area contributed by atoms with E-state index in [0.717, 1.165) is 0 Å². The molecule has 2 nitrogen and oxygen atoms in total. The molecule has 0 radical (unpaired) electrons. The first-order valence-corrected chi connectivity index (χ1v) is 3.24. The van der Waals surface area contributed by atoms with Crippen molar-refractivity contribution in [3.05, 3.63) is 29.1 Å². The van der Waals surface area contributed by atoms with Gasteiger partial charge in [0.05, 0.1) is 6.61 Å². The summed E-state index contributed by atoms with van der Waals surface area (Å²) in [5.74, 6) is -1.03. The SMILES string of the molecule is Cc1cc(CO)cc(O)c1F. The highest BCUT2D eigenvalue weighted by Crippen LogP contribution is 2.20. The molecule has 0 fully saturated rings. The van der Waals surface area contributed by atoms with Gasteiger partial charge in [-0.05, 0) is 24.1 Å². The highest BCUT2D eigenvalue weighted by molar-refractivity contribution is 5.34. The van der Waals surface area contributed by atoms with E-state index in [4.69, 9.17) is 10.2 Å². The standard InChI is InChI=1S/C8H9FO2/c1-5-2-6(4-10)3-7(11)8(5)9/h2-3,10-11H,4H2,1H3. The molecule has 0 unspecified atom stereocenters. The third-order valence-electron chi connectivity index (χ3n) is 1.48. The lowest BCUT2D eigenvalue weighted by Crippen LogP contribution is -1.88. The van der Waals surface area contributed by atoms with Crippen molar-refractivity contribution in [1.82, 2.24) is 0 Å². The van der Waals surface area contributed by atoms with Crippen molar-refractivity contribution >= 4 is 0 Å². The molecule has 0 saturated heterocycles. The van der Waals surface area contributed by atoms with Crippen molar-refractivity contribution in [3.8, 4) is 5.75 Å². The van der Waals surface area contributed by atoms with Crippen LogP contribution in [0.2, 0.25) is 0 Å². The molecule has 60 valence electrons. The average Bonchev–Trinajstić information content (AvgIpc) is 1.99. The first-order chi connectivity index (χ1) is 5.15. The number of phenols is 1. The maximum absolute atomic E-state index is 12.7. The molecule has 3 heteroatoms. The fourth-order valence-corrected chi connectivity index (χ4v) is 0.915. The predicted molar refractivity (Wildman–Crippen MR) is 38.7 cm³/mol. The molecule has 0 heterocycles. The smallest absolute Gasteiger partial charge is 0.167 e. The van der Waals surface area contributed by atoms with Gasteiger partial charge in [0.25, 0.3) is 0 Å². The Balaban J connectivity index is 3.21. The summed E-state index contributed by atoms with van der Waals surface area (Å²) in [6.45, 7) is 1.35. The second kappa shape index (κ2) is 2.88. The maximum atomic E-state index is 12.7. The molecule has 1 aromatic carbocycles. The molecular formula is C8H9FO2. The number of aliphatic hydroxyl groups excluding tert-OH is 1. The van der Waals surface area contributed by atoms with Crippen LogP contribution in [-0.4, -0.2) is 10.2 Å². The van der Waals surface area contributed by atoms with Crippen LogP contribution in [0.25, 0.3) is 0 Å². The molecule has 0 aliphatic carbocycles. The number of aryl methyl sites for hydroxylation is 1. The topological polar surface area (TPSA) is 40.5 Å². The summed E-state index contributed by atoms with van der Waals surface area (Å²) < 4.78 is 12.7. The zero-order chi connectivity index (χ0) is 8.43. The first kappa shape index (κ1) is 8.01. The van der Waals surface area contributed by atoms with Gasteiger partial charge in [-0.1, -0.05) is 6.07 Å². The highest BCUT2D eigenvalue weighted by Gasteiger charge is 2.04. The van der Waals surface area contributed by atoms with Crippen molar-refractivity contribution in [2.45, 2.75) is 13.5 Å². The quantitative estimate of drug-likeness (QED) is 0.644. The summed E-state index contributed by atoms with van der Waals surface area (Å²) in [6.07, 6.45) is 0. The first-order valence-electron chi connectivity index (χ1n) is 3.24. The van der Waals surface area contributed by atoms with E-state index in [-0.39, 0.29) is 6.61 Å². The number of aliphatic hydroxyl groups is 1. The Labute approximate surface area is 63.9 Å². The van der Waals surface area contributed by atoms with E-state index in [1.165, 1.54) is 19.1 Å². The van der Waals surface area contributed by atoms with Gasteiger partial charge in [-0.3, -0.25) is 0 Å². The second-order valence-corrected chi connectivity index (χ2v) is 2.40. The molecule has 0 aromatic heterocycles. The van der Waals surface area contributed by atoms with E-state index in [1.54, 1.807) is 0 Å². The van der Waals surface area contributed by atoms with Crippen molar-refractivity contribution in [2.75, 3.05) is 0 Å². The van der Waals surface area contributed by atoms with Crippen LogP contribution in [0.3, 0.4) is 0 Å². The Morgan fingerprint density at radius 2 is 2.09 bits per heavy atom. The Bertz CT molecular complexity index is 248. The summed E-state index contributed by atoms with van der Waals surface area (Å²) in [5, 5.41) is 17.6. The number of hydrogen-bond acceptors (Lipinski definition) is 2. The van der Waals surface area contributed by atoms with Crippen molar-refractivity contribution in [3.63, 3.8) is 0 Å². The highest BCUT2D eigenvalue weighted by atomic mass is 19.1. The van der Waals surface area contributed by atoms with Crippen LogP contribution >= 0.6 is 0 Å². The fraction of sp³-hybridized carbons (Fsp3) is 0.250. The summed E-state index contributed by atoms with van der Waals surface area (Å²) in [4.78, 5) is 0. The van der Waals surface area contributed by atoms with E-state index in [0.29, 0.717) is 11.1 Å². The van der Waals surface area contributed by atoms with E-state index in [1.807, 2.05) is 0 Å². The van der Waals surface area contributed by atoms with E-state index >= 15 is 0 Å². The van der Waals surface area contributed by atoms with Gasteiger partial charge in [-0.25, -0.2) is 4.39 Å². The number of aromatic hydroxyl groups is 1. The fourth-order valence-electron chi connectivity index (χ4n) is 0.915. The van der Waals surface area contributed by atoms with Gasteiger partial charge >= 0.3 is 0 Å². The molecule has 1 rings (SSSR count). The van der Waals surface area contributed by atoms with Gasteiger partial charge < -0.3 is 10.2 Å². The predicted octanol–water partition coefficient (Wildman–Crippen LogP) is 1.33. The number of phenolic OH excluding ortho intramolecular Hbond substituents is 1. The molecule has 0 aliphatic heterocycles. The molecule has 0 bridgehead atoms.